The Morgan fingerprint density at radius 2 is 1.93 bits per heavy atom. The third-order valence-electron chi connectivity index (χ3n) is 1.22. The van der Waals surface area contributed by atoms with E-state index in [4.69, 9.17) is 0 Å². The highest BCUT2D eigenvalue weighted by molar-refractivity contribution is 14.1. The normalized spacial score (nSPS) is 11.5. The Morgan fingerprint density at radius 3 is 2.43 bits per heavy atom. The van der Waals surface area contributed by atoms with Gasteiger partial charge in [-0.25, -0.2) is 0 Å². The number of aromatic hydroxyl groups is 1. The molecule has 0 atom stereocenters. The molecule has 0 amide bonds. The number of rotatable bonds is 1. The zero-order chi connectivity index (χ0) is 10.9. The maximum absolute atomic E-state index is 11.8. The maximum Gasteiger partial charge on any atom is 0.573 e. The van der Waals surface area contributed by atoms with Gasteiger partial charge in [-0.1, -0.05) is 15.9 Å². The Balaban J connectivity index is 3.09. The number of phenols is 1. The molecule has 1 N–H and O–H groups in total. The molecule has 0 unspecified atom stereocenters. The molecule has 78 valence electrons. The van der Waals surface area contributed by atoms with E-state index in [9.17, 15) is 18.3 Å². The molecule has 1 aromatic rings. The minimum Gasteiger partial charge on any atom is -0.504 e. The summed E-state index contributed by atoms with van der Waals surface area (Å²) in [4.78, 5) is 0. The second-order valence-corrected chi connectivity index (χ2v) is 4.36. The van der Waals surface area contributed by atoms with Crippen LogP contribution in [-0.4, -0.2) is 11.5 Å². The average molecular weight is 383 g/mol. The summed E-state index contributed by atoms with van der Waals surface area (Å²) in [5.41, 5.74) is 0. The molecule has 0 spiro atoms. The van der Waals surface area contributed by atoms with Gasteiger partial charge in [0, 0.05) is 4.47 Å². The summed E-state index contributed by atoms with van der Waals surface area (Å²) in [6.45, 7) is 0. The van der Waals surface area contributed by atoms with Gasteiger partial charge in [-0.05, 0) is 34.7 Å². The van der Waals surface area contributed by atoms with Gasteiger partial charge in [0.15, 0.2) is 11.5 Å². The van der Waals surface area contributed by atoms with Gasteiger partial charge in [0.05, 0.1) is 3.57 Å². The minimum absolute atomic E-state index is 0.274. The van der Waals surface area contributed by atoms with Gasteiger partial charge in [0.25, 0.3) is 0 Å². The van der Waals surface area contributed by atoms with Gasteiger partial charge < -0.3 is 9.84 Å². The monoisotopic (exact) mass is 382 g/mol. The highest BCUT2D eigenvalue weighted by Crippen LogP contribution is 2.37. The predicted molar refractivity (Wildman–Crippen MR) is 55.2 cm³/mol. The van der Waals surface area contributed by atoms with Crippen molar-refractivity contribution in [3.63, 3.8) is 0 Å². The summed E-state index contributed by atoms with van der Waals surface area (Å²) in [5.74, 6) is -1.14. The van der Waals surface area contributed by atoms with Crippen molar-refractivity contribution in [3.8, 4) is 11.5 Å². The van der Waals surface area contributed by atoms with Crippen LogP contribution in [0.4, 0.5) is 13.2 Å². The third-order valence-corrected chi connectivity index (χ3v) is 2.50. The van der Waals surface area contributed by atoms with Crippen molar-refractivity contribution in [2.24, 2.45) is 0 Å². The minimum atomic E-state index is -4.80. The zero-order valence-corrected chi connectivity index (χ0v) is 10.1. The largest absolute Gasteiger partial charge is 0.573 e. The van der Waals surface area contributed by atoms with Gasteiger partial charge >= 0.3 is 6.36 Å². The van der Waals surface area contributed by atoms with Crippen LogP contribution in [0.2, 0.25) is 0 Å². The van der Waals surface area contributed by atoms with Gasteiger partial charge in [-0.3, -0.25) is 0 Å². The summed E-state index contributed by atoms with van der Waals surface area (Å²) >= 11 is 4.69. The number of ether oxygens (including phenoxy) is 1. The number of alkyl halides is 3. The molecule has 0 heterocycles. The Kier molecular flexibility index (Phi) is 3.51. The van der Waals surface area contributed by atoms with E-state index in [1.54, 1.807) is 22.6 Å². The molecule has 0 aromatic heterocycles. The first-order valence-corrected chi connectivity index (χ1v) is 5.10. The molecule has 7 heteroatoms. The van der Waals surface area contributed by atoms with E-state index in [1.807, 2.05) is 0 Å². The van der Waals surface area contributed by atoms with Crippen LogP contribution in [-0.2, 0) is 0 Å². The van der Waals surface area contributed by atoms with Crippen LogP contribution in [0.1, 0.15) is 0 Å². The lowest BCUT2D eigenvalue weighted by Crippen LogP contribution is -2.17. The van der Waals surface area contributed by atoms with Gasteiger partial charge in [-0.2, -0.15) is 0 Å². The smallest absolute Gasteiger partial charge is 0.504 e. The molecule has 0 radical (unpaired) electrons. The zero-order valence-electron chi connectivity index (χ0n) is 6.40. The first-order chi connectivity index (χ1) is 6.29. The molecular formula is C7H3BrF3IO2. The van der Waals surface area contributed by atoms with Gasteiger partial charge in [0.1, 0.15) is 0 Å². The van der Waals surface area contributed by atoms with Crippen LogP contribution in [0.5, 0.6) is 11.5 Å². The first-order valence-electron chi connectivity index (χ1n) is 3.23. The topological polar surface area (TPSA) is 29.5 Å². The molecular weight excluding hydrogens is 380 g/mol. The van der Waals surface area contributed by atoms with Crippen LogP contribution in [0.15, 0.2) is 16.6 Å². The fourth-order valence-electron chi connectivity index (χ4n) is 0.745. The molecule has 2 nitrogen and oxygen atoms in total. The predicted octanol–water partition coefficient (Wildman–Crippen LogP) is 3.66. The molecule has 0 aliphatic rings. The van der Waals surface area contributed by atoms with E-state index in [0.717, 1.165) is 6.07 Å². The van der Waals surface area contributed by atoms with E-state index >= 15 is 0 Å². The highest BCUT2D eigenvalue weighted by atomic mass is 127. The Morgan fingerprint density at radius 1 is 1.36 bits per heavy atom. The maximum atomic E-state index is 11.8. The summed E-state index contributed by atoms with van der Waals surface area (Å²) in [6.07, 6.45) is -4.80. The van der Waals surface area contributed by atoms with Crippen molar-refractivity contribution in [2.45, 2.75) is 6.36 Å². The lowest BCUT2D eigenvalue weighted by molar-refractivity contribution is -0.275. The summed E-state index contributed by atoms with van der Waals surface area (Å²) in [7, 11) is 0. The van der Waals surface area contributed by atoms with Crippen molar-refractivity contribution in [3.05, 3.63) is 20.2 Å². The Hall–Kier alpha value is -0.180. The van der Waals surface area contributed by atoms with Crippen LogP contribution in [0.25, 0.3) is 0 Å². The summed E-state index contributed by atoms with van der Waals surface area (Å²) in [6, 6.07) is 2.52. The fraction of sp³-hybridized carbons (Fsp3) is 0.143. The second kappa shape index (κ2) is 4.13. The first kappa shape index (κ1) is 11.9. The van der Waals surface area contributed by atoms with E-state index in [0.29, 0.717) is 4.47 Å². The van der Waals surface area contributed by atoms with E-state index < -0.39 is 17.9 Å². The second-order valence-electron chi connectivity index (χ2n) is 2.28. The average Bonchev–Trinajstić information content (AvgIpc) is 1.96. The van der Waals surface area contributed by atoms with Crippen LogP contribution >= 0.6 is 38.5 Å². The highest BCUT2D eigenvalue weighted by Gasteiger charge is 2.32. The van der Waals surface area contributed by atoms with Gasteiger partial charge in [0.2, 0.25) is 0 Å². The SMILES string of the molecule is Oc1c(I)cc(Br)cc1OC(F)(F)F. The van der Waals surface area contributed by atoms with E-state index in [-0.39, 0.29) is 3.57 Å². The molecule has 0 aliphatic carbocycles. The molecule has 0 fully saturated rings. The van der Waals surface area contributed by atoms with Crippen LogP contribution in [0.3, 0.4) is 0 Å². The van der Waals surface area contributed by atoms with Crippen LogP contribution in [0, 0.1) is 3.57 Å². The molecule has 0 bridgehead atoms. The van der Waals surface area contributed by atoms with Gasteiger partial charge in [-0.15, -0.1) is 13.2 Å². The Bertz CT molecular complexity index is 354. The molecule has 0 aliphatic heterocycles. The van der Waals surface area contributed by atoms with Crippen molar-refractivity contribution >= 4 is 38.5 Å². The molecule has 1 aromatic carbocycles. The summed E-state index contributed by atoms with van der Waals surface area (Å²) in [5, 5.41) is 9.23. The number of hydrogen-bond donors (Lipinski definition) is 1. The van der Waals surface area contributed by atoms with Crippen molar-refractivity contribution < 1.29 is 23.0 Å². The lowest BCUT2D eigenvalue weighted by Gasteiger charge is -2.11. The number of halogens is 5. The van der Waals surface area contributed by atoms with E-state index in [2.05, 4.69) is 20.7 Å². The Labute approximate surface area is 99.3 Å². The number of hydrogen-bond acceptors (Lipinski definition) is 2. The van der Waals surface area contributed by atoms with Crippen molar-refractivity contribution in [1.82, 2.24) is 0 Å². The summed E-state index contributed by atoms with van der Waals surface area (Å²) < 4.78 is 39.8. The molecule has 14 heavy (non-hydrogen) atoms. The standard InChI is InChI=1S/C7H3BrF3IO2/c8-3-1-4(12)6(13)5(2-3)14-7(9,10)11/h1-2,13H. The molecule has 0 saturated heterocycles. The van der Waals surface area contributed by atoms with Crippen molar-refractivity contribution in [1.29, 1.82) is 0 Å². The quantitative estimate of drug-likeness (QED) is 0.751. The number of benzene rings is 1. The molecule has 0 saturated carbocycles. The molecule has 1 rings (SSSR count). The lowest BCUT2D eigenvalue weighted by atomic mass is 10.3. The third kappa shape index (κ3) is 3.19. The van der Waals surface area contributed by atoms with E-state index in [1.165, 1.54) is 6.07 Å². The number of phenolic OH excluding ortho intramolecular Hbond substituents is 1. The van der Waals surface area contributed by atoms with Crippen molar-refractivity contribution in [2.75, 3.05) is 0 Å². The van der Waals surface area contributed by atoms with Crippen LogP contribution < -0.4 is 4.74 Å². The fourth-order valence-corrected chi connectivity index (χ4v) is 2.21.